The van der Waals surface area contributed by atoms with E-state index in [9.17, 15) is 13.2 Å². The van der Waals surface area contributed by atoms with Crippen molar-refractivity contribution in [1.82, 2.24) is 9.62 Å². The molecule has 1 aromatic carbocycles. The molecule has 0 unspecified atom stereocenters. The summed E-state index contributed by atoms with van der Waals surface area (Å²) in [5, 5.41) is 2.82. The van der Waals surface area contributed by atoms with Crippen LogP contribution in [0, 0.1) is 0 Å². The van der Waals surface area contributed by atoms with Crippen LogP contribution in [0.3, 0.4) is 0 Å². The van der Waals surface area contributed by atoms with Gasteiger partial charge in [-0.2, -0.15) is 4.31 Å². The summed E-state index contributed by atoms with van der Waals surface area (Å²) in [7, 11) is -3.49. The lowest BCUT2D eigenvalue weighted by molar-refractivity contribution is 0.0730. The highest BCUT2D eigenvalue weighted by Crippen LogP contribution is 2.22. The molecule has 1 saturated heterocycles. The van der Waals surface area contributed by atoms with Crippen LogP contribution < -0.4 is 5.32 Å². The molecule has 1 fully saturated rings. The Hall–Kier alpha value is -1.26. The predicted octanol–water partition coefficient (Wildman–Crippen LogP) is 2.46. The van der Waals surface area contributed by atoms with Crippen LogP contribution in [0.2, 0.25) is 0 Å². The van der Waals surface area contributed by atoms with Crippen LogP contribution in [0.4, 0.5) is 0 Å². The molecule has 1 aliphatic rings. The van der Waals surface area contributed by atoms with Gasteiger partial charge in [-0.05, 0) is 45.8 Å². The van der Waals surface area contributed by atoms with E-state index in [1.807, 2.05) is 6.07 Å². The van der Waals surface area contributed by atoms with Gasteiger partial charge in [0.05, 0.1) is 26.8 Å². The molecule has 1 amide bonds. The fraction of sp³-hybridized carbons (Fsp3) is 0.312. The lowest BCUT2D eigenvalue weighted by Crippen LogP contribution is -2.40. The van der Waals surface area contributed by atoms with E-state index < -0.39 is 10.0 Å². The van der Waals surface area contributed by atoms with Crippen LogP contribution in [-0.2, 0) is 21.3 Å². The standard InChI is InChI=1S/C16H17BrN2O4S2/c17-15-6-5-14(24-15)16(20)18-11-12-1-3-13(4-2-12)25(21,22)19-7-9-23-10-8-19/h1-6H,7-11H2,(H,18,20). The zero-order chi connectivity index (χ0) is 17.9. The van der Waals surface area contributed by atoms with Gasteiger partial charge in [0.15, 0.2) is 0 Å². The van der Waals surface area contributed by atoms with Gasteiger partial charge in [-0.1, -0.05) is 12.1 Å². The Labute approximate surface area is 159 Å². The van der Waals surface area contributed by atoms with Gasteiger partial charge < -0.3 is 10.1 Å². The fourth-order valence-electron chi connectivity index (χ4n) is 2.42. The molecule has 0 atom stereocenters. The number of rotatable bonds is 5. The minimum atomic E-state index is -3.49. The normalized spacial score (nSPS) is 15.9. The Morgan fingerprint density at radius 3 is 2.44 bits per heavy atom. The topological polar surface area (TPSA) is 75.7 Å². The molecule has 2 heterocycles. The number of hydrogen-bond acceptors (Lipinski definition) is 5. The van der Waals surface area contributed by atoms with Crippen LogP contribution in [0.15, 0.2) is 45.1 Å². The largest absolute Gasteiger partial charge is 0.379 e. The number of amides is 1. The monoisotopic (exact) mass is 444 g/mol. The van der Waals surface area contributed by atoms with Crippen LogP contribution in [0.1, 0.15) is 15.2 Å². The van der Waals surface area contributed by atoms with E-state index in [0.717, 1.165) is 9.35 Å². The van der Waals surface area contributed by atoms with Crippen molar-refractivity contribution in [3.63, 3.8) is 0 Å². The molecule has 1 aliphatic heterocycles. The second-order valence-corrected chi connectivity index (χ2v) is 9.85. The third-order valence-corrected chi connectivity index (χ3v) is 7.32. The maximum Gasteiger partial charge on any atom is 0.261 e. The van der Waals surface area contributed by atoms with Crippen molar-refractivity contribution in [1.29, 1.82) is 0 Å². The van der Waals surface area contributed by atoms with Crippen molar-refractivity contribution in [3.05, 3.63) is 50.6 Å². The highest BCUT2D eigenvalue weighted by Gasteiger charge is 2.26. The Bertz CT molecular complexity index is 843. The SMILES string of the molecule is O=C(NCc1ccc(S(=O)(=O)N2CCOCC2)cc1)c1ccc(Br)s1. The molecule has 2 aromatic rings. The maximum atomic E-state index is 12.5. The highest BCUT2D eigenvalue weighted by molar-refractivity contribution is 9.11. The van der Waals surface area contributed by atoms with Crippen molar-refractivity contribution in [2.45, 2.75) is 11.4 Å². The Balaban J connectivity index is 1.63. The Morgan fingerprint density at radius 2 is 1.84 bits per heavy atom. The number of carbonyl (C=O) groups is 1. The highest BCUT2D eigenvalue weighted by atomic mass is 79.9. The molecule has 25 heavy (non-hydrogen) atoms. The molecule has 3 rings (SSSR count). The minimum Gasteiger partial charge on any atom is -0.379 e. The maximum absolute atomic E-state index is 12.5. The van der Waals surface area contributed by atoms with E-state index in [4.69, 9.17) is 4.74 Å². The van der Waals surface area contributed by atoms with Crippen molar-refractivity contribution < 1.29 is 17.9 Å². The van der Waals surface area contributed by atoms with Gasteiger partial charge in [0, 0.05) is 19.6 Å². The lowest BCUT2D eigenvalue weighted by Gasteiger charge is -2.26. The van der Waals surface area contributed by atoms with Gasteiger partial charge in [-0.3, -0.25) is 4.79 Å². The summed E-state index contributed by atoms with van der Waals surface area (Å²) in [5.74, 6) is -0.152. The number of nitrogens with one attached hydrogen (secondary N) is 1. The molecule has 1 N–H and O–H groups in total. The summed E-state index contributed by atoms with van der Waals surface area (Å²) >= 11 is 4.69. The van der Waals surface area contributed by atoms with E-state index in [1.54, 1.807) is 30.3 Å². The number of halogens is 1. The predicted molar refractivity (Wildman–Crippen MR) is 99.2 cm³/mol. The van der Waals surface area contributed by atoms with Gasteiger partial charge in [0.2, 0.25) is 10.0 Å². The third-order valence-electron chi connectivity index (χ3n) is 3.78. The summed E-state index contributed by atoms with van der Waals surface area (Å²) in [6.07, 6.45) is 0. The minimum absolute atomic E-state index is 0.152. The zero-order valence-electron chi connectivity index (χ0n) is 13.3. The molecule has 0 saturated carbocycles. The van der Waals surface area contributed by atoms with Gasteiger partial charge in [-0.25, -0.2) is 8.42 Å². The first-order valence-corrected chi connectivity index (χ1v) is 10.7. The van der Waals surface area contributed by atoms with Gasteiger partial charge in [-0.15, -0.1) is 11.3 Å². The number of benzene rings is 1. The van der Waals surface area contributed by atoms with Crippen LogP contribution >= 0.6 is 27.3 Å². The summed E-state index contributed by atoms with van der Waals surface area (Å²) in [4.78, 5) is 12.9. The second kappa shape index (κ2) is 7.96. The van der Waals surface area contributed by atoms with Crippen LogP contribution in [0.5, 0.6) is 0 Å². The van der Waals surface area contributed by atoms with E-state index >= 15 is 0 Å². The van der Waals surface area contributed by atoms with E-state index in [-0.39, 0.29) is 10.8 Å². The molecule has 0 aliphatic carbocycles. The number of thiophene rings is 1. The summed E-state index contributed by atoms with van der Waals surface area (Å²) in [6.45, 7) is 1.92. The quantitative estimate of drug-likeness (QED) is 0.768. The Kier molecular flexibility index (Phi) is 5.90. The van der Waals surface area contributed by atoms with E-state index in [1.165, 1.54) is 15.6 Å². The molecule has 134 valence electrons. The smallest absolute Gasteiger partial charge is 0.261 e. The van der Waals surface area contributed by atoms with Crippen LogP contribution in [-0.4, -0.2) is 44.9 Å². The second-order valence-electron chi connectivity index (χ2n) is 5.45. The van der Waals surface area contributed by atoms with Crippen molar-refractivity contribution in [3.8, 4) is 0 Å². The van der Waals surface area contributed by atoms with Crippen molar-refractivity contribution in [2.75, 3.05) is 26.3 Å². The number of ether oxygens (including phenoxy) is 1. The average molecular weight is 445 g/mol. The molecular weight excluding hydrogens is 428 g/mol. The molecule has 1 aromatic heterocycles. The first kappa shape index (κ1) is 18.5. The molecular formula is C16H17BrN2O4S2. The van der Waals surface area contributed by atoms with Gasteiger partial charge >= 0.3 is 0 Å². The van der Waals surface area contributed by atoms with Crippen molar-refractivity contribution >= 4 is 43.2 Å². The third kappa shape index (κ3) is 4.48. The number of hydrogen-bond donors (Lipinski definition) is 1. The molecule has 6 nitrogen and oxygen atoms in total. The molecule has 0 bridgehead atoms. The number of morpholine rings is 1. The summed E-state index contributed by atoms with van der Waals surface area (Å²) in [6, 6.07) is 10.2. The van der Waals surface area contributed by atoms with E-state index in [2.05, 4.69) is 21.2 Å². The first-order chi connectivity index (χ1) is 12.0. The molecule has 0 radical (unpaired) electrons. The first-order valence-electron chi connectivity index (χ1n) is 7.67. The Morgan fingerprint density at radius 1 is 1.16 bits per heavy atom. The number of sulfonamides is 1. The molecule has 9 heteroatoms. The molecule has 0 spiro atoms. The van der Waals surface area contributed by atoms with Gasteiger partial charge in [0.1, 0.15) is 0 Å². The zero-order valence-corrected chi connectivity index (χ0v) is 16.5. The summed E-state index contributed by atoms with van der Waals surface area (Å²) in [5.41, 5.74) is 0.838. The summed E-state index contributed by atoms with van der Waals surface area (Å²) < 4.78 is 32.6. The van der Waals surface area contributed by atoms with E-state index in [0.29, 0.717) is 37.7 Å². The number of carbonyl (C=O) groups excluding carboxylic acids is 1. The van der Waals surface area contributed by atoms with Gasteiger partial charge in [0.25, 0.3) is 5.91 Å². The van der Waals surface area contributed by atoms with Crippen molar-refractivity contribution in [2.24, 2.45) is 0 Å². The average Bonchev–Trinajstić information content (AvgIpc) is 3.07. The fourth-order valence-corrected chi connectivity index (χ4v) is 5.13. The lowest BCUT2D eigenvalue weighted by atomic mass is 10.2. The van der Waals surface area contributed by atoms with Crippen LogP contribution in [0.25, 0.3) is 0 Å². The number of nitrogens with zero attached hydrogens (tertiary/aromatic N) is 1.